The van der Waals surface area contributed by atoms with Crippen LogP contribution in [0.15, 0.2) is 78.8 Å². The molecule has 2 rings (SSSR count). The van der Waals surface area contributed by atoms with Crippen LogP contribution in [0.5, 0.6) is 5.75 Å². The highest BCUT2D eigenvalue weighted by molar-refractivity contribution is 5.81. The SMILES string of the molecule is C=CC(=O)OCCCN=Cc1ccc(C#CC#Cc2ccc(OCCCOC(=O)C=C)cc2)cc1. The highest BCUT2D eigenvalue weighted by Crippen LogP contribution is 2.11. The number of hydrogen-bond donors (Lipinski definition) is 0. The summed E-state index contributed by atoms with van der Waals surface area (Å²) in [4.78, 5) is 26.2. The molecule has 0 saturated heterocycles. The molecular formula is C29H27NO5. The molecule has 0 amide bonds. The van der Waals surface area contributed by atoms with Crippen LogP contribution in [-0.2, 0) is 19.1 Å². The summed E-state index contributed by atoms with van der Waals surface area (Å²) in [7, 11) is 0. The number of esters is 2. The first-order valence-corrected chi connectivity index (χ1v) is 11.0. The summed E-state index contributed by atoms with van der Waals surface area (Å²) in [6, 6.07) is 15.1. The molecule has 0 heterocycles. The van der Waals surface area contributed by atoms with Gasteiger partial charge in [-0.1, -0.05) is 37.1 Å². The van der Waals surface area contributed by atoms with E-state index in [-0.39, 0.29) is 0 Å². The van der Waals surface area contributed by atoms with E-state index in [0.29, 0.717) is 39.2 Å². The molecule has 0 unspecified atom stereocenters. The maximum absolute atomic E-state index is 10.9. The van der Waals surface area contributed by atoms with Crippen LogP contribution in [0, 0.1) is 23.7 Å². The second kappa shape index (κ2) is 16.1. The lowest BCUT2D eigenvalue weighted by Crippen LogP contribution is -2.06. The number of carbonyl (C=O) groups excluding carboxylic acids is 2. The van der Waals surface area contributed by atoms with Crippen molar-refractivity contribution >= 4 is 18.2 Å². The Labute approximate surface area is 206 Å². The Bertz CT molecular complexity index is 1140. The largest absolute Gasteiger partial charge is 0.493 e. The van der Waals surface area contributed by atoms with Crippen LogP contribution in [0.2, 0.25) is 0 Å². The smallest absolute Gasteiger partial charge is 0.330 e. The van der Waals surface area contributed by atoms with Crippen LogP contribution in [0.25, 0.3) is 0 Å². The Morgan fingerprint density at radius 1 is 0.771 bits per heavy atom. The second-order valence-electron chi connectivity index (χ2n) is 6.98. The number of nitrogens with zero attached hydrogens (tertiary/aromatic N) is 1. The molecule has 2 aromatic rings. The molecule has 0 radical (unpaired) electrons. The molecule has 178 valence electrons. The van der Waals surface area contributed by atoms with E-state index in [1.165, 1.54) is 0 Å². The van der Waals surface area contributed by atoms with Gasteiger partial charge < -0.3 is 14.2 Å². The molecule has 6 heteroatoms. The maximum Gasteiger partial charge on any atom is 0.330 e. The van der Waals surface area contributed by atoms with Crippen molar-refractivity contribution in [1.29, 1.82) is 0 Å². The molecule has 0 aliphatic carbocycles. The molecule has 0 aromatic heterocycles. The molecular weight excluding hydrogens is 442 g/mol. The van der Waals surface area contributed by atoms with Crippen molar-refractivity contribution in [1.82, 2.24) is 0 Å². The van der Waals surface area contributed by atoms with Gasteiger partial charge in [-0.3, -0.25) is 4.99 Å². The van der Waals surface area contributed by atoms with Gasteiger partial charge in [0.05, 0.1) is 19.8 Å². The van der Waals surface area contributed by atoms with Crippen molar-refractivity contribution in [3.05, 3.63) is 90.5 Å². The molecule has 0 saturated carbocycles. The fourth-order valence-corrected chi connectivity index (χ4v) is 2.53. The van der Waals surface area contributed by atoms with Crippen molar-refractivity contribution < 1.29 is 23.8 Å². The van der Waals surface area contributed by atoms with E-state index in [9.17, 15) is 9.59 Å². The van der Waals surface area contributed by atoms with Crippen LogP contribution in [0.1, 0.15) is 29.5 Å². The van der Waals surface area contributed by atoms with E-state index in [4.69, 9.17) is 14.2 Å². The molecule has 0 aliphatic rings. The number of aliphatic imine (C=N–C) groups is 1. The molecule has 6 nitrogen and oxygen atoms in total. The number of rotatable bonds is 12. The van der Waals surface area contributed by atoms with Crippen LogP contribution >= 0.6 is 0 Å². The lowest BCUT2D eigenvalue weighted by atomic mass is 10.1. The van der Waals surface area contributed by atoms with Gasteiger partial charge in [-0.25, -0.2) is 9.59 Å². The zero-order chi connectivity index (χ0) is 25.1. The molecule has 0 spiro atoms. The number of carbonyl (C=O) groups is 2. The van der Waals surface area contributed by atoms with E-state index in [1.54, 1.807) is 6.21 Å². The summed E-state index contributed by atoms with van der Waals surface area (Å²) < 4.78 is 15.4. The molecule has 0 N–H and O–H groups in total. The third kappa shape index (κ3) is 11.8. The first-order chi connectivity index (χ1) is 17.1. The van der Waals surface area contributed by atoms with Gasteiger partial charge in [-0.2, -0.15) is 0 Å². The standard InChI is InChI=1S/C29H27NO5/c1-3-28(31)34-20-7-19-30-23-26-13-11-24(12-14-26)9-5-6-10-25-15-17-27(18-16-25)33-21-8-22-35-29(32)4-2/h3-4,11-18,23H,1-2,7-8,19-22H2. The summed E-state index contributed by atoms with van der Waals surface area (Å²) in [6.07, 6.45) is 5.31. The van der Waals surface area contributed by atoms with Crippen LogP contribution in [-0.4, -0.2) is 44.5 Å². The van der Waals surface area contributed by atoms with Crippen molar-refractivity contribution in [2.24, 2.45) is 4.99 Å². The quantitative estimate of drug-likeness (QED) is 0.154. The minimum Gasteiger partial charge on any atom is -0.493 e. The van der Waals surface area contributed by atoms with Gasteiger partial charge in [0.2, 0.25) is 0 Å². The van der Waals surface area contributed by atoms with Gasteiger partial charge >= 0.3 is 11.9 Å². The Kier molecular flexibility index (Phi) is 12.3. The van der Waals surface area contributed by atoms with Crippen molar-refractivity contribution in [2.45, 2.75) is 12.8 Å². The van der Waals surface area contributed by atoms with E-state index in [0.717, 1.165) is 34.6 Å². The molecule has 0 atom stereocenters. The zero-order valence-electron chi connectivity index (χ0n) is 19.5. The fourth-order valence-electron chi connectivity index (χ4n) is 2.53. The monoisotopic (exact) mass is 469 g/mol. The highest BCUT2D eigenvalue weighted by Gasteiger charge is 1.97. The fraction of sp³-hybridized carbons (Fsp3) is 0.207. The minimum atomic E-state index is -0.434. The molecule has 2 aromatic carbocycles. The topological polar surface area (TPSA) is 74.2 Å². The van der Waals surface area contributed by atoms with Gasteiger partial charge in [-0.05, 0) is 53.8 Å². The predicted molar refractivity (Wildman–Crippen MR) is 136 cm³/mol. The van der Waals surface area contributed by atoms with Crippen LogP contribution in [0.4, 0.5) is 0 Å². The Morgan fingerprint density at radius 2 is 1.31 bits per heavy atom. The van der Waals surface area contributed by atoms with Crippen LogP contribution < -0.4 is 4.74 Å². The second-order valence-corrected chi connectivity index (χ2v) is 6.98. The van der Waals surface area contributed by atoms with Gasteiger partial charge in [0.15, 0.2) is 0 Å². The summed E-state index contributed by atoms with van der Waals surface area (Å²) >= 11 is 0. The predicted octanol–water partition coefficient (Wildman–Crippen LogP) is 4.13. The maximum atomic E-state index is 10.9. The van der Waals surface area contributed by atoms with E-state index in [2.05, 4.69) is 41.8 Å². The van der Waals surface area contributed by atoms with Crippen molar-refractivity contribution in [3.63, 3.8) is 0 Å². The van der Waals surface area contributed by atoms with Crippen molar-refractivity contribution in [2.75, 3.05) is 26.4 Å². The lowest BCUT2D eigenvalue weighted by Gasteiger charge is -2.06. The minimum absolute atomic E-state index is 0.292. The number of benzene rings is 2. The average Bonchev–Trinajstić information content (AvgIpc) is 2.89. The first-order valence-electron chi connectivity index (χ1n) is 11.0. The number of ether oxygens (including phenoxy) is 3. The van der Waals surface area contributed by atoms with Crippen molar-refractivity contribution in [3.8, 4) is 29.4 Å². The van der Waals surface area contributed by atoms with Gasteiger partial charge in [0.1, 0.15) is 5.75 Å². The lowest BCUT2D eigenvalue weighted by molar-refractivity contribution is -0.138. The van der Waals surface area contributed by atoms with E-state index in [1.807, 2.05) is 48.5 Å². The molecule has 0 fully saturated rings. The third-order valence-corrected chi connectivity index (χ3v) is 4.29. The molecule has 0 bridgehead atoms. The Hall–Kier alpha value is -4.55. The van der Waals surface area contributed by atoms with Gasteiger partial charge in [0.25, 0.3) is 0 Å². The first kappa shape index (κ1) is 26.7. The highest BCUT2D eigenvalue weighted by atomic mass is 16.5. The molecule has 0 aliphatic heterocycles. The summed E-state index contributed by atoms with van der Waals surface area (Å²) in [5.74, 6) is 11.6. The Balaban J connectivity index is 1.73. The summed E-state index contributed by atoms with van der Waals surface area (Å²) in [5.41, 5.74) is 2.65. The normalized spacial score (nSPS) is 9.71. The summed E-state index contributed by atoms with van der Waals surface area (Å²) in [6.45, 7) is 8.32. The number of hydrogen-bond acceptors (Lipinski definition) is 6. The summed E-state index contributed by atoms with van der Waals surface area (Å²) in [5, 5.41) is 0. The van der Waals surface area contributed by atoms with E-state index >= 15 is 0 Å². The molecule has 35 heavy (non-hydrogen) atoms. The van der Waals surface area contributed by atoms with Gasteiger partial charge in [0, 0.05) is 48.9 Å². The van der Waals surface area contributed by atoms with Crippen LogP contribution in [0.3, 0.4) is 0 Å². The zero-order valence-corrected chi connectivity index (χ0v) is 19.5. The van der Waals surface area contributed by atoms with Gasteiger partial charge in [-0.15, -0.1) is 0 Å². The third-order valence-electron chi connectivity index (χ3n) is 4.29. The van der Waals surface area contributed by atoms with E-state index < -0.39 is 11.9 Å². The Morgan fingerprint density at radius 3 is 1.89 bits per heavy atom. The average molecular weight is 470 g/mol.